The normalized spacial score (nSPS) is 17.5. The zero-order valence-corrected chi connectivity index (χ0v) is 11.2. The molecule has 0 spiro atoms. The van der Waals surface area contributed by atoms with Gasteiger partial charge in [-0.25, -0.2) is 0 Å². The molecule has 1 aromatic heterocycles. The summed E-state index contributed by atoms with van der Waals surface area (Å²) in [6.07, 6.45) is 5.63. The molecule has 1 aromatic rings. The van der Waals surface area contributed by atoms with Gasteiger partial charge in [-0.1, -0.05) is 24.4 Å². The van der Waals surface area contributed by atoms with Crippen molar-refractivity contribution in [3.8, 4) is 0 Å². The Balaban J connectivity index is 2.02. The zero-order valence-electron chi connectivity index (χ0n) is 11.2. The Bertz CT molecular complexity index is 342. The third-order valence-corrected chi connectivity index (χ3v) is 3.27. The van der Waals surface area contributed by atoms with Crippen molar-refractivity contribution >= 4 is 0 Å². The quantitative estimate of drug-likeness (QED) is 0.730. The molecule has 5 heteroatoms. The first kappa shape index (κ1) is 13.5. The van der Waals surface area contributed by atoms with Gasteiger partial charge in [-0.3, -0.25) is 0 Å². The molecule has 1 heterocycles. The van der Waals surface area contributed by atoms with E-state index < -0.39 is 6.29 Å². The second kappa shape index (κ2) is 6.85. The summed E-state index contributed by atoms with van der Waals surface area (Å²) in [5.74, 6) is 1.70. The third-order valence-electron chi connectivity index (χ3n) is 3.27. The van der Waals surface area contributed by atoms with E-state index in [2.05, 4.69) is 10.1 Å². The van der Waals surface area contributed by atoms with Crippen LogP contribution in [-0.4, -0.2) is 23.4 Å². The molecule has 0 saturated heterocycles. The molecule has 1 aliphatic carbocycles. The lowest BCUT2D eigenvalue weighted by Crippen LogP contribution is -2.10. The van der Waals surface area contributed by atoms with Gasteiger partial charge in [0.25, 0.3) is 5.89 Å². The first-order valence-corrected chi connectivity index (χ1v) is 6.91. The second-order valence-corrected chi connectivity index (χ2v) is 4.57. The predicted molar refractivity (Wildman–Crippen MR) is 66.1 cm³/mol. The number of ether oxygens (including phenoxy) is 2. The highest BCUT2D eigenvalue weighted by molar-refractivity contribution is 4.97. The zero-order chi connectivity index (χ0) is 12.8. The summed E-state index contributed by atoms with van der Waals surface area (Å²) in [5.41, 5.74) is 0. The maximum Gasteiger partial charge on any atom is 0.283 e. The van der Waals surface area contributed by atoms with Crippen molar-refractivity contribution in [2.75, 3.05) is 13.2 Å². The minimum Gasteiger partial charge on any atom is -0.345 e. The van der Waals surface area contributed by atoms with Crippen LogP contribution in [0.1, 0.15) is 69.9 Å². The van der Waals surface area contributed by atoms with E-state index in [0.29, 0.717) is 25.0 Å². The largest absolute Gasteiger partial charge is 0.345 e. The Morgan fingerprint density at radius 3 is 2.44 bits per heavy atom. The molecule has 0 unspecified atom stereocenters. The molecule has 0 aromatic carbocycles. The van der Waals surface area contributed by atoms with Crippen LogP contribution >= 0.6 is 0 Å². The van der Waals surface area contributed by atoms with Crippen LogP contribution in [-0.2, 0) is 9.47 Å². The maximum absolute atomic E-state index is 5.45. The highest BCUT2D eigenvalue weighted by Crippen LogP contribution is 2.31. The highest BCUT2D eigenvalue weighted by Gasteiger charge is 2.24. The van der Waals surface area contributed by atoms with Crippen molar-refractivity contribution in [2.45, 2.75) is 58.2 Å². The van der Waals surface area contributed by atoms with Gasteiger partial charge in [-0.2, -0.15) is 4.98 Å². The summed E-state index contributed by atoms with van der Waals surface area (Å²) >= 11 is 0. The van der Waals surface area contributed by atoms with Gasteiger partial charge < -0.3 is 14.0 Å². The van der Waals surface area contributed by atoms with Crippen molar-refractivity contribution in [3.05, 3.63) is 11.7 Å². The van der Waals surface area contributed by atoms with E-state index in [9.17, 15) is 0 Å². The fourth-order valence-electron chi connectivity index (χ4n) is 2.36. The SMILES string of the molecule is CCOC(OCC)c1nc(C2CCCCC2)no1. The van der Waals surface area contributed by atoms with E-state index in [1.165, 1.54) is 19.3 Å². The second-order valence-electron chi connectivity index (χ2n) is 4.57. The Morgan fingerprint density at radius 1 is 1.17 bits per heavy atom. The summed E-state index contributed by atoms with van der Waals surface area (Å²) in [4.78, 5) is 4.44. The topological polar surface area (TPSA) is 57.4 Å². The minimum atomic E-state index is -0.523. The van der Waals surface area contributed by atoms with Crippen LogP contribution in [0.5, 0.6) is 0 Å². The summed E-state index contributed by atoms with van der Waals surface area (Å²) in [5, 5.41) is 4.08. The number of rotatable bonds is 6. The fourth-order valence-corrected chi connectivity index (χ4v) is 2.36. The molecular formula is C13H22N2O3. The van der Waals surface area contributed by atoms with Gasteiger partial charge in [-0.15, -0.1) is 0 Å². The predicted octanol–water partition coefficient (Wildman–Crippen LogP) is 3.19. The summed E-state index contributed by atoms with van der Waals surface area (Å²) in [6.45, 7) is 4.96. The fraction of sp³-hybridized carbons (Fsp3) is 0.846. The average Bonchev–Trinajstić information content (AvgIpc) is 2.89. The maximum atomic E-state index is 5.45. The summed E-state index contributed by atoms with van der Waals surface area (Å²) < 4.78 is 16.2. The van der Waals surface area contributed by atoms with E-state index in [-0.39, 0.29) is 0 Å². The van der Waals surface area contributed by atoms with Crippen LogP contribution in [0, 0.1) is 0 Å². The number of aromatic nitrogens is 2. The third kappa shape index (κ3) is 3.29. The molecule has 0 radical (unpaired) electrons. The number of hydrogen-bond donors (Lipinski definition) is 0. The first-order valence-electron chi connectivity index (χ1n) is 6.91. The van der Waals surface area contributed by atoms with Gasteiger partial charge in [0, 0.05) is 19.1 Å². The van der Waals surface area contributed by atoms with Gasteiger partial charge in [0.2, 0.25) is 6.29 Å². The van der Waals surface area contributed by atoms with Crippen molar-refractivity contribution in [3.63, 3.8) is 0 Å². The van der Waals surface area contributed by atoms with E-state index >= 15 is 0 Å². The molecule has 0 N–H and O–H groups in total. The van der Waals surface area contributed by atoms with Crippen molar-refractivity contribution < 1.29 is 14.0 Å². The van der Waals surface area contributed by atoms with Crippen molar-refractivity contribution in [1.82, 2.24) is 10.1 Å². The van der Waals surface area contributed by atoms with Gasteiger partial charge in [0.15, 0.2) is 5.82 Å². The van der Waals surface area contributed by atoms with Crippen LogP contribution in [0.15, 0.2) is 4.52 Å². The number of hydrogen-bond acceptors (Lipinski definition) is 5. The highest BCUT2D eigenvalue weighted by atomic mass is 16.7. The van der Waals surface area contributed by atoms with Gasteiger partial charge in [0.1, 0.15) is 0 Å². The van der Waals surface area contributed by atoms with Crippen LogP contribution in [0.2, 0.25) is 0 Å². The average molecular weight is 254 g/mol. The standard InChI is InChI=1S/C13H22N2O3/c1-3-16-13(17-4-2)12-14-11(15-18-12)10-8-6-5-7-9-10/h10,13H,3-9H2,1-2H3. The number of nitrogens with zero attached hydrogens (tertiary/aromatic N) is 2. The molecule has 0 aliphatic heterocycles. The molecule has 0 amide bonds. The molecular weight excluding hydrogens is 232 g/mol. The van der Waals surface area contributed by atoms with Gasteiger partial charge >= 0.3 is 0 Å². The molecule has 1 aliphatic rings. The minimum absolute atomic E-state index is 0.444. The molecule has 18 heavy (non-hydrogen) atoms. The molecule has 1 fully saturated rings. The van der Waals surface area contributed by atoms with Crippen molar-refractivity contribution in [2.24, 2.45) is 0 Å². The van der Waals surface area contributed by atoms with E-state index in [0.717, 1.165) is 18.7 Å². The summed E-state index contributed by atoms with van der Waals surface area (Å²) in [6, 6.07) is 0. The van der Waals surface area contributed by atoms with E-state index in [1.807, 2.05) is 13.8 Å². The summed E-state index contributed by atoms with van der Waals surface area (Å²) in [7, 11) is 0. The van der Waals surface area contributed by atoms with Gasteiger partial charge in [0.05, 0.1) is 0 Å². The van der Waals surface area contributed by atoms with Crippen LogP contribution in [0.25, 0.3) is 0 Å². The van der Waals surface area contributed by atoms with E-state index in [1.54, 1.807) is 0 Å². The Labute approximate surface area is 108 Å². The van der Waals surface area contributed by atoms with Crippen LogP contribution in [0.4, 0.5) is 0 Å². The molecule has 0 atom stereocenters. The molecule has 0 bridgehead atoms. The van der Waals surface area contributed by atoms with Crippen LogP contribution in [0.3, 0.4) is 0 Å². The lowest BCUT2D eigenvalue weighted by atomic mass is 9.89. The molecule has 5 nitrogen and oxygen atoms in total. The van der Waals surface area contributed by atoms with Gasteiger partial charge in [-0.05, 0) is 26.7 Å². The van der Waals surface area contributed by atoms with E-state index in [4.69, 9.17) is 14.0 Å². The van der Waals surface area contributed by atoms with Crippen molar-refractivity contribution in [1.29, 1.82) is 0 Å². The Morgan fingerprint density at radius 2 is 1.83 bits per heavy atom. The smallest absolute Gasteiger partial charge is 0.283 e. The lowest BCUT2D eigenvalue weighted by molar-refractivity contribution is -0.155. The molecule has 1 saturated carbocycles. The Hall–Kier alpha value is -0.940. The monoisotopic (exact) mass is 254 g/mol. The molecule has 102 valence electrons. The Kier molecular flexibility index (Phi) is 5.13. The lowest BCUT2D eigenvalue weighted by Gasteiger charge is -2.17. The molecule has 2 rings (SSSR count). The van der Waals surface area contributed by atoms with Crippen LogP contribution < -0.4 is 0 Å². The first-order chi connectivity index (χ1) is 8.85.